The Morgan fingerprint density at radius 2 is 2.05 bits per heavy atom. The molecule has 0 unspecified atom stereocenters. The molecule has 0 saturated heterocycles. The van der Waals surface area contributed by atoms with Gasteiger partial charge in [-0.2, -0.15) is 0 Å². The lowest BCUT2D eigenvalue weighted by Crippen LogP contribution is -1.95. The van der Waals surface area contributed by atoms with Crippen LogP contribution in [0.15, 0.2) is 35.7 Å². The topological polar surface area (TPSA) is 38.7 Å². The van der Waals surface area contributed by atoms with E-state index in [9.17, 15) is 0 Å². The fraction of sp³-hybridized carbons (Fsp3) is 0.250. The minimum atomic E-state index is 0.0981. The molecule has 1 heterocycles. The summed E-state index contributed by atoms with van der Waals surface area (Å²) in [4.78, 5) is 1.10. The zero-order valence-corrected chi connectivity index (χ0v) is 12.1. The molecule has 20 heavy (non-hydrogen) atoms. The molecule has 0 aliphatic rings. The van der Waals surface area contributed by atoms with Crippen LogP contribution in [0.25, 0.3) is 0 Å². The third-order valence-corrected chi connectivity index (χ3v) is 3.47. The fourth-order valence-electron chi connectivity index (χ4n) is 1.63. The lowest BCUT2D eigenvalue weighted by atomic mass is 10.3. The van der Waals surface area contributed by atoms with Crippen molar-refractivity contribution in [3.63, 3.8) is 0 Å². The Hall–Kier alpha value is -1.96. The number of thiophene rings is 1. The maximum Gasteiger partial charge on any atom is 0.161 e. The van der Waals surface area contributed by atoms with Gasteiger partial charge in [-0.05, 0) is 18.2 Å². The molecule has 3 nitrogen and oxygen atoms in total. The first-order chi connectivity index (χ1) is 9.83. The Labute approximate surface area is 122 Å². The lowest BCUT2D eigenvalue weighted by molar-refractivity contribution is 0.287. The summed E-state index contributed by atoms with van der Waals surface area (Å²) in [5, 5.41) is 10.7. The number of ether oxygens (including phenoxy) is 2. The summed E-state index contributed by atoms with van der Waals surface area (Å²) in [5.41, 5.74) is 0.960. The number of hydrogen-bond donors (Lipinski definition) is 1. The standard InChI is InChI=1S/C16H16O3S/c1-18-15-7-2-3-8-16(15)19-11-14-10-13(12-20-14)6-4-5-9-17/h2-3,7-8,10,12,17H,5,9,11H2,1H3. The van der Waals surface area contributed by atoms with Crippen LogP contribution in [-0.4, -0.2) is 18.8 Å². The Bertz CT molecular complexity index is 607. The van der Waals surface area contributed by atoms with Crippen molar-refractivity contribution < 1.29 is 14.6 Å². The monoisotopic (exact) mass is 288 g/mol. The molecule has 0 amide bonds. The van der Waals surface area contributed by atoms with Gasteiger partial charge in [0.15, 0.2) is 11.5 Å². The highest BCUT2D eigenvalue weighted by atomic mass is 32.1. The van der Waals surface area contributed by atoms with Gasteiger partial charge in [-0.3, -0.25) is 0 Å². The molecule has 0 atom stereocenters. The van der Waals surface area contributed by atoms with E-state index < -0.39 is 0 Å². The maximum absolute atomic E-state index is 8.68. The third kappa shape index (κ3) is 4.02. The van der Waals surface area contributed by atoms with Gasteiger partial charge >= 0.3 is 0 Å². The van der Waals surface area contributed by atoms with E-state index in [1.807, 2.05) is 35.7 Å². The summed E-state index contributed by atoms with van der Waals surface area (Å²) in [6.07, 6.45) is 0.503. The molecule has 0 aliphatic carbocycles. The fourth-order valence-corrected chi connectivity index (χ4v) is 2.36. The van der Waals surface area contributed by atoms with E-state index in [0.717, 1.165) is 21.9 Å². The Kier molecular flexibility index (Phi) is 5.48. The molecule has 1 N–H and O–H groups in total. The van der Waals surface area contributed by atoms with E-state index in [2.05, 4.69) is 11.8 Å². The zero-order chi connectivity index (χ0) is 14.2. The Morgan fingerprint density at radius 3 is 2.80 bits per heavy atom. The Balaban J connectivity index is 1.96. The second-order valence-corrected chi connectivity index (χ2v) is 5.01. The molecule has 0 spiro atoms. The van der Waals surface area contributed by atoms with E-state index in [1.54, 1.807) is 18.4 Å². The van der Waals surface area contributed by atoms with Gasteiger partial charge in [-0.1, -0.05) is 24.0 Å². The molecular formula is C16H16O3S. The zero-order valence-electron chi connectivity index (χ0n) is 11.3. The minimum absolute atomic E-state index is 0.0981. The molecule has 0 aliphatic heterocycles. The van der Waals surface area contributed by atoms with E-state index >= 15 is 0 Å². The van der Waals surface area contributed by atoms with Gasteiger partial charge in [0.2, 0.25) is 0 Å². The van der Waals surface area contributed by atoms with Gasteiger partial charge in [0.05, 0.1) is 13.7 Å². The van der Waals surface area contributed by atoms with Crippen LogP contribution in [0.4, 0.5) is 0 Å². The average Bonchev–Trinajstić information content (AvgIpc) is 2.93. The van der Waals surface area contributed by atoms with Gasteiger partial charge in [0.25, 0.3) is 0 Å². The number of rotatable bonds is 5. The molecule has 2 rings (SSSR count). The van der Waals surface area contributed by atoms with Crippen molar-refractivity contribution in [2.75, 3.05) is 13.7 Å². The highest BCUT2D eigenvalue weighted by Crippen LogP contribution is 2.27. The summed E-state index contributed by atoms with van der Waals surface area (Å²) >= 11 is 1.61. The van der Waals surface area contributed by atoms with Gasteiger partial charge in [0.1, 0.15) is 6.61 Å². The summed E-state index contributed by atoms with van der Waals surface area (Å²) < 4.78 is 11.0. The highest BCUT2D eigenvalue weighted by molar-refractivity contribution is 7.10. The second kappa shape index (κ2) is 7.59. The minimum Gasteiger partial charge on any atom is -0.493 e. The SMILES string of the molecule is COc1ccccc1OCc1cc(C#CCCO)cs1. The summed E-state index contributed by atoms with van der Waals surface area (Å²) in [6, 6.07) is 9.58. The number of para-hydroxylation sites is 2. The second-order valence-electron chi connectivity index (χ2n) is 4.02. The van der Waals surface area contributed by atoms with E-state index in [1.165, 1.54) is 0 Å². The van der Waals surface area contributed by atoms with Crippen molar-refractivity contribution >= 4 is 11.3 Å². The molecule has 0 fully saturated rings. The molecular weight excluding hydrogens is 272 g/mol. The smallest absolute Gasteiger partial charge is 0.161 e. The van der Waals surface area contributed by atoms with Crippen LogP contribution in [0.1, 0.15) is 16.9 Å². The average molecular weight is 288 g/mol. The number of aliphatic hydroxyl groups excluding tert-OH is 1. The number of hydrogen-bond acceptors (Lipinski definition) is 4. The largest absolute Gasteiger partial charge is 0.493 e. The quantitative estimate of drug-likeness (QED) is 0.859. The summed E-state index contributed by atoms with van der Waals surface area (Å²) in [7, 11) is 1.63. The van der Waals surface area contributed by atoms with E-state index in [4.69, 9.17) is 14.6 Å². The molecule has 1 aromatic carbocycles. The van der Waals surface area contributed by atoms with Crippen LogP contribution in [0.2, 0.25) is 0 Å². The van der Waals surface area contributed by atoms with E-state index in [0.29, 0.717) is 13.0 Å². The molecule has 0 radical (unpaired) electrons. The predicted octanol–water partition coefficient (Wildman–Crippen LogP) is 3.07. The van der Waals surface area contributed by atoms with Gasteiger partial charge in [-0.25, -0.2) is 0 Å². The normalized spacial score (nSPS) is 9.70. The Morgan fingerprint density at radius 1 is 1.25 bits per heavy atom. The van der Waals surface area contributed by atoms with Gasteiger partial charge in [0, 0.05) is 22.2 Å². The van der Waals surface area contributed by atoms with Crippen molar-refractivity contribution in [1.82, 2.24) is 0 Å². The van der Waals surface area contributed by atoms with Crippen LogP contribution in [0.5, 0.6) is 11.5 Å². The summed E-state index contributed by atoms with van der Waals surface area (Å²) in [6.45, 7) is 0.591. The van der Waals surface area contributed by atoms with Crippen molar-refractivity contribution in [3.05, 3.63) is 46.2 Å². The van der Waals surface area contributed by atoms with Crippen molar-refractivity contribution in [2.45, 2.75) is 13.0 Å². The van der Waals surface area contributed by atoms with Crippen LogP contribution < -0.4 is 9.47 Å². The molecule has 4 heteroatoms. The molecule has 0 saturated carbocycles. The van der Waals surface area contributed by atoms with Crippen LogP contribution >= 0.6 is 11.3 Å². The van der Waals surface area contributed by atoms with Crippen molar-refractivity contribution in [1.29, 1.82) is 0 Å². The first-order valence-electron chi connectivity index (χ1n) is 6.26. The first-order valence-corrected chi connectivity index (χ1v) is 7.14. The molecule has 2 aromatic rings. The van der Waals surface area contributed by atoms with Gasteiger partial charge in [-0.15, -0.1) is 11.3 Å². The van der Waals surface area contributed by atoms with Crippen LogP contribution in [0.3, 0.4) is 0 Å². The maximum atomic E-state index is 8.68. The lowest BCUT2D eigenvalue weighted by Gasteiger charge is -2.08. The number of aliphatic hydroxyl groups is 1. The third-order valence-electron chi connectivity index (χ3n) is 2.56. The number of benzene rings is 1. The molecule has 1 aromatic heterocycles. The highest BCUT2D eigenvalue weighted by Gasteiger charge is 2.04. The molecule has 0 bridgehead atoms. The van der Waals surface area contributed by atoms with E-state index in [-0.39, 0.29) is 6.61 Å². The predicted molar refractivity (Wildman–Crippen MR) is 80.2 cm³/mol. The molecule has 104 valence electrons. The van der Waals surface area contributed by atoms with Crippen LogP contribution in [-0.2, 0) is 6.61 Å². The van der Waals surface area contributed by atoms with Crippen molar-refractivity contribution in [2.24, 2.45) is 0 Å². The number of methoxy groups -OCH3 is 1. The summed E-state index contributed by atoms with van der Waals surface area (Å²) in [5.74, 6) is 7.37. The van der Waals surface area contributed by atoms with Gasteiger partial charge < -0.3 is 14.6 Å². The first kappa shape index (κ1) is 14.4. The van der Waals surface area contributed by atoms with Crippen molar-refractivity contribution in [3.8, 4) is 23.3 Å². The van der Waals surface area contributed by atoms with Crippen LogP contribution in [0, 0.1) is 11.8 Å².